The van der Waals surface area contributed by atoms with Crippen LogP contribution in [0.2, 0.25) is 18.1 Å². The van der Waals surface area contributed by atoms with Crippen LogP contribution in [0.25, 0.3) is 22.2 Å². The van der Waals surface area contributed by atoms with Gasteiger partial charge in [0.1, 0.15) is 29.2 Å². The van der Waals surface area contributed by atoms with E-state index in [2.05, 4.69) is 50.5 Å². The van der Waals surface area contributed by atoms with Crippen LogP contribution in [0.1, 0.15) is 47.0 Å². The second kappa shape index (κ2) is 16.7. The van der Waals surface area contributed by atoms with Crippen molar-refractivity contribution in [3.05, 3.63) is 97.6 Å². The van der Waals surface area contributed by atoms with Gasteiger partial charge >= 0.3 is 0 Å². The molecule has 2 aliphatic rings. The summed E-state index contributed by atoms with van der Waals surface area (Å²) in [5.74, 6) is -1.57. The largest absolute Gasteiger partial charge is 0.497 e. The number of methoxy groups -OCH3 is 1. The molecule has 0 bridgehead atoms. The van der Waals surface area contributed by atoms with E-state index in [4.69, 9.17) is 18.9 Å². The lowest BCUT2D eigenvalue weighted by Gasteiger charge is -2.36. The Bertz CT molecular complexity index is 2280. The number of benzene rings is 3. The Balaban J connectivity index is 1.28. The van der Waals surface area contributed by atoms with Gasteiger partial charge in [0.2, 0.25) is 11.8 Å². The summed E-state index contributed by atoms with van der Waals surface area (Å²) in [5, 5.41) is 3.59. The number of ether oxygens (including phenoxy) is 2. The van der Waals surface area contributed by atoms with Gasteiger partial charge in [-0.05, 0) is 55.2 Å². The first-order valence-electron chi connectivity index (χ1n) is 19.6. The van der Waals surface area contributed by atoms with E-state index in [9.17, 15) is 22.8 Å². The van der Waals surface area contributed by atoms with E-state index in [1.807, 2.05) is 61.5 Å². The van der Waals surface area contributed by atoms with Crippen molar-refractivity contribution in [1.82, 2.24) is 19.9 Å². The molecule has 4 aromatic rings. The zero-order valence-corrected chi connectivity index (χ0v) is 36.1. The second-order valence-corrected chi connectivity index (χ2v) is 23.3. The number of aromatic nitrogens is 1. The molecule has 3 amide bonds. The fraction of sp³-hybridized carbons (Fsp3) is 0.409. The number of carbonyl (C=O) groups excluding carboxylic acids is 3. The highest BCUT2D eigenvalue weighted by atomic mass is 32.2. The molecule has 58 heavy (non-hydrogen) atoms. The third-order valence-corrected chi connectivity index (χ3v) is 17.6. The smallest absolute Gasteiger partial charge is 0.264 e. The highest BCUT2D eigenvalue weighted by Crippen LogP contribution is 2.45. The molecule has 1 aromatic heterocycles. The molecule has 1 aliphatic heterocycles. The minimum atomic E-state index is -4.23. The number of rotatable bonds is 15. The maximum Gasteiger partial charge on any atom is 0.264 e. The summed E-state index contributed by atoms with van der Waals surface area (Å²) in [4.78, 5) is 48.9. The van der Waals surface area contributed by atoms with Crippen molar-refractivity contribution in [3.8, 4) is 22.8 Å². The standard InChI is InChI=1S/C44H54N4O8SSi/c1-9-31-27-44(31,42(51)47-57(52,53)34-18-14-11-15-19-34)46-40(49)38-25-33(28-48(38)41(50)29(2)22-23-55-58(7,8)43(3,4)5)56-39-26-36(30-16-12-10-13-17-30)45-37-24-32(54-6)20-21-35(37)39/h9-21,24,26,29,31,33,38H,1,22-23,25,27-28H2,2-8H3,(H,46,49)(H,47,51)/t29-,31+,33+,38-,44+/m0/s1. The molecular weight excluding hydrogens is 773 g/mol. The van der Waals surface area contributed by atoms with Gasteiger partial charge in [-0.25, -0.2) is 18.1 Å². The van der Waals surface area contributed by atoms with Gasteiger partial charge < -0.3 is 24.1 Å². The average molecular weight is 827 g/mol. The SMILES string of the molecule is C=C[C@@H]1C[C@]1(NC(=O)[C@@H]1C[C@@H](Oc2cc(-c3ccccc3)nc3cc(OC)ccc23)CN1C(=O)[C@@H](C)CCO[Si](C)(C)C(C)(C)C)C(=O)NS(=O)(=O)c1ccccc1. The zero-order chi connectivity index (χ0) is 42.0. The lowest BCUT2D eigenvalue weighted by Crippen LogP contribution is -2.56. The Hall–Kier alpha value is -5.05. The third-order valence-electron chi connectivity index (χ3n) is 11.8. The van der Waals surface area contributed by atoms with E-state index in [1.165, 1.54) is 23.1 Å². The van der Waals surface area contributed by atoms with Gasteiger partial charge in [-0.1, -0.05) is 82.3 Å². The van der Waals surface area contributed by atoms with Crippen LogP contribution in [0.4, 0.5) is 0 Å². The third kappa shape index (κ3) is 8.98. The van der Waals surface area contributed by atoms with Crippen molar-refractivity contribution in [3.63, 3.8) is 0 Å². The highest BCUT2D eigenvalue weighted by molar-refractivity contribution is 7.90. The molecule has 6 rings (SSSR count). The van der Waals surface area contributed by atoms with Crippen LogP contribution in [0.5, 0.6) is 11.5 Å². The lowest BCUT2D eigenvalue weighted by molar-refractivity contribution is -0.142. The zero-order valence-electron chi connectivity index (χ0n) is 34.3. The highest BCUT2D eigenvalue weighted by Gasteiger charge is 2.61. The Labute approximate surface area is 342 Å². The number of carbonyl (C=O) groups is 3. The van der Waals surface area contributed by atoms with Crippen molar-refractivity contribution in [2.75, 3.05) is 20.3 Å². The molecule has 0 radical (unpaired) electrons. The summed E-state index contributed by atoms with van der Waals surface area (Å²) in [6.07, 6.45) is 1.61. The van der Waals surface area contributed by atoms with E-state index < -0.39 is 59.7 Å². The molecule has 2 fully saturated rings. The molecule has 14 heteroatoms. The Morgan fingerprint density at radius 2 is 1.71 bits per heavy atom. The topological polar surface area (TPSA) is 153 Å². The summed E-state index contributed by atoms with van der Waals surface area (Å²) in [5.41, 5.74) is 0.635. The molecule has 1 saturated heterocycles. The van der Waals surface area contributed by atoms with Crippen molar-refractivity contribution < 1.29 is 36.7 Å². The summed E-state index contributed by atoms with van der Waals surface area (Å²) in [6, 6.07) is 23.6. The molecule has 12 nitrogen and oxygen atoms in total. The fourth-order valence-electron chi connectivity index (χ4n) is 7.03. The van der Waals surface area contributed by atoms with E-state index >= 15 is 0 Å². The first-order valence-corrected chi connectivity index (χ1v) is 24.0. The molecule has 0 unspecified atom stereocenters. The second-order valence-electron chi connectivity index (χ2n) is 16.8. The van der Waals surface area contributed by atoms with Crippen molar-refractivity contribution >= 4 is 47.0 Å². The Kier molecular flexibility index (Phi) is 12.2. The number of fused-ring (bicyclic) bond motifs is 1. The molecule has 2 N–H and O–H groups in total. The molecule has 0 spiro atoms. The van der Waals surface area contributed by atoms with Crippen molar-refractivity contribution in [1.29, 1.82) is 0 Å². The van der Waals surface area contributed by atoms with Crippen LogP contribution >= 0.6 is 0 Å². The van der Waals surface area contributed by atoms with E-state index in [0.29, 0.717) is 35.7 Å². The van der Waals surface area contributed by atoms with Gasteiger partial charge in [0.05, 0.1) is 29.8 Å². The van der Waals surface area contributed by atoms with Crippen LogP contribution in [0.3, 0.4) is 0 Å². The first-order chi connectivity index (χ1) is 27.4. The molecule has 2 heterocycles. The number of pyridine rings is 1. The van der Waals surface area contributed by atoms with Gasteiger partial charge in [-0.15, -0.1) is 6.58 Å². The van der Waals surface area contributed by atoms with E-state index in [0.717, 1.165) is 10.9 Å². The number of hydrogen-bond acceptors (Lipinski definition) is 9. The van der Waals surface area contributed by atoms with Crippen LogP contribution in [-0.4, -0.2) is 82.3 Å². The van der Waals surface area contributed by atoms with Crippen LogP contribution < -0.4 is 19.5 Å². The number of sulfonamides is 1. The number of nitrogens with zero attached hydrogens (tertiary/aromatic N) is 2. The van der Waals surface area contributed by atoms with Crippen LogP contribution in [0, 0.1) is 11.8 Å². The summed E-state index contributed by atoms with van der Waals surface area (Å²) in [6.45, 7) is 16.9. The van der Waals surface area contributed by atoms with Gasteiger partial charge in [-0.3, -0.25) is 14.4 Å². The summed E-state index contributed by atoms with van der Waals surface area (Å²) >= 11 is 0. The molecular formula is C44H54N4O8SSi. The van der Waals surface area contributed by atoms with Gasteiger partial charge in [0.15, 0.2) is 8.32 Å². The number of nitrogens with one attached hydrogen (secondary N) is 2. The quantitative estimate of drug-likeness (QED) is 0.0966. The molecule has 1 saturated carbocycles. The van der Waals surface area contributed by atoms with Crippen molar-refractivity contribution in [2.24, 2.45) is 11.8 Å². The normalized spacial score (nSPS) is 21.2. The Morgan fingerprint density at radius 1 is 1.03 bits per heavy atom. The van der Waals surface area contributed by atoms with Gasteiger partial charge in [0, 0.05) is 47.9 Å². The monoisotopic (exact) mass is 826 g/mol. The van der Waals surface area contributed by atoms with Crippen LogP contribution in [0.15, 0.2) is 102 Å². The fourth-order valence-corrected chi connectivity index (χ4v) is 9.16. The van der Waals surface area contributed by atoms with Crippen LogP contribution in [-0.2, 0) is 28.8 Å². The maximum absolute atomic E-state index is 14.4. The predicted octanol–water partition coefficient (Wildman–Crippen LogP) is 6.87. The van der Waals surface area contributed by atoms with E-state index in [1.54, 1.807) is 25.3 Å². The number of amides is 3. The van der Waals surface area contributed by atoms with Crippen molar-refractivity contribution in [2.45, 2.75) is 87.7 Å². The van der Waals surface area contributed by atoms with E-state index in [-0.39, 0.29) is 35.2 Å². The minimum absolute atomic E-state index is 0.000363. The van der Waals surface area contributed by atoms with Gasteiger partial charge in [-0.2, -0.15) is 0 Å². The minimum Gasteiger partial charge on any atom is -0.497 e. The average Bonchev–Trinajstić information content (AvgIpc) is 3.76. The molecule has 1 aliphatic carbocycles. The lowest BCUT2D eigenvalue weighted by atomic mass is 10.1. The van der Waals surface area contributed by atoms with Gasteiger partial charge in [0.25, 0.3) is 15.9 Å². The molecule has 5 atom stereocenters. The Morgan fingerprint density at radius 3 is 2.33 bits per heavy atom. The number of hydrogen-bond donors (Lipinski definition) is 2. The summed E-state index contributed by atoms with van der Waals surface area (Å²) < 4.78 is 47.1. The first kappa shape index (κ1) is 42.5. The predicted molar refractivity (Wildman–Crippen MR) is 226 cm³/mol. The number of likely N-dealkylation sites (tertiary alicyclic amines) is 1. The molecule has 308 valence electrons. The maximum atomic E-state index is 14.4. The summed E-state index contributed by atoms with van der Waals surface area (Å²) in [7, 11) is -4.72. The molecule has 3 aromatic carbocycles.